The Morgan fingerprint density at radius 1 is 1.14 bits per heavy atom. The normalized spacial score (nSPS) is 13.4. The lowest BCUT2D eigenvalue weighted by molar-refractivity contribution is 0.458. The fourth-order valence-corrected chi connectivity index (χ4v) is 2.49. The molecule has 0 aliphatic rings. The molecule has 0 aliphatic carbocycles. The van der Waals surface area contributed by atoms with Crippen LogP contribution in [0.1, 0.15) is 49.6 Å². The molecule has 1 unspecified atom stereocenters. The van der Waals surface area contributed by atoms with Crippen molar-refractivity contribution in [1.29, 1.82) is 0 Å². The number of likely N-dealkylation sites (N-methyl/N-ethyl adjacent to an activating group) is 1. The third-order valence-corrected chi connectivity index (χ3v) is 3.85. The van der Waals surface area contributed by atoms with Gasteiger partial charge in [-0.25, -0.2) is 9.67 Å². The van der Waals surface area contributed by atoms with E-state index in [-0.39, 0.29) is 11.5 Å². The van der Waals surface area contributed by atoms with Gasteiger partial charge in [-0.3, -0.25) is 0 Å². The second kappa shape index (κ2) is 5.98. The first kappa shape index (κ1) is 15.7. The summed E-state index contributed by atoms with van der Waals surface area (Å²) in [4.78, 5) is 4.36. The van der Waals surface area contributed by atoms with Crippen molar-refractivity contribution >= 4 is 0 Å². The Hall–Kier alpha value is -1.68. The molecule has 1 aromatic heterocycles. The van der Waals surface area contributed by atoms with Crippen molar-refractivity contribution < 1.29 is 0 Å². The Kier molecular flexibility index (Phi) is 4.47. The van der Waals surface area contributed by atoms with E-state index in [4.69, 9.17) is 0 Å². The molecule has 0 radical (unpaired) electrons. The first-order valence-electron chi connectivity index (χ1n) is 7.47. The van der Waals surface area contributed by atoms with Crippen LogP contribution in [0.3, 0.4) is 0 Å². The van der Waals surface area contributed by atoms with Gasteiger partial charge < -0.3 is 5.32 Å². The summed E-state index contributed by atoms with van der Waals surface area (Å²) >= 11 is 0. The van der Waals surface area contributed by atoms with E-state index in [9.17, 15) is 0 Å². The highest BCUT2D eigenvalue weighted by Crippen LogP contribution is 2.24. The SMILES string of the molecule is CNC(Cn1nc(C)nc1C)c1ccc(C(C)(C)C)cc1. The summed E-state index contributed by atoms with van der Waals surface area (Å²) in [7, 11) is 1.99. The quantitative estimate of drug-likeness (QED) is 0.939. The molecule has 21 heavy (non-hydrogen) atoms. The minimum Gasteiger partial charge on any atom is -0.311 e. The molecule has 0 bridgehead atoms. The monoisotopic (exact) mass is 286 g/mol. The van der Waals surface area contributed by atoms with Gasteiger partial charge >= 0.3 is 0 Å². The third kappa shape index (κ3) is 3.70. The second-order valence-electron chi connectivity index (χ2n) is 6.60. The minimum atomic E-state index is 0.188. The van der Waals surface area contributed by atoms with Crippen LogP contribution >= 0.6 is 0 Å². The predicted molar refractivity (Wildman–Crippen MR) is 86.4 cm³/mol. The molecular formula is C17H26N4. The van der Waals surface area contributed by atoms with Crippen LogP contribution in [0.15, 0.2) is 24.3 Å². The Labute approximate surface area is 127 Å². The molecule has 0 saturated carbocycles. The van der Waals surface area contributed by atoms with Crippen LogP contribution in [0.4, 0.5) is 0 Å². The van der Waals surface area contributed by atoms with Crippen molar-refractivity contribution in [2.75, 3.05) is 7.05 Å². The molecule has 4 heteroatoms. The number of nitrogens with zero attached hydrogens (tertiary/aromatic N) is 3. The molecule has 0 aliphatic heterocycles. The molecule has 4 nitrogen and oxygen atoms in total. The van der Waals surface area contributed by atoms with Crippen molar-refractivity contribution in [2.45, 2.75) is 52.6 Å². The number of aryl methyl sites for hydroxylation is 2. The Morgan fingerprint density at radius 2 is 1.76 bits per heavy atom. The lowest BCUT2D eigenvalue weighted by atomic mass is 9.86. The number of nitrogens with one attached hydrogen (secondary N) is 1. The van der Waals surface area contributed by atoms with Gasteiger partial charge in [-0.15, -0.1) is 0 Å². The maximum Gasteiger partial charge on any atom is 0.147 e. The van der Waals surface area contributed by atoms with E-state index in [0.29, 0.717) is 0 Å². The van der Waals surface area contributed by atoms with Crippen LogP contribution in [0.5, 0.6) is 0 Å². The molecule has 1 aromatic carbocycles. The van der Waals surface area contributed by atoms with Crippen molar-refractivity contribution in [3.8, 4) is 0 Å². The van der Waals surface area contributed by atoms with E-state index in [0.717, 1.165) is 18.2 Å². The standard InChI is InChI=1S/C17H26N4/c1-12-19-13(2)21(20-12)11-16(18-6)14-7-9-15(10-8-14)17(3,4)5/h7-10,16,18H,11H2,1-6H3. The Bertz CT molecular complexity index is 590. The summed E-state index contributed by atoms with van der Waals surface area (Å²) in [6, 6.07) is 9.10. The molecule has 0 spiro atoms. The number of hydrogen-bond acceptors (Lipinski definition) is 3. The molecule has 1 atom stereocenters. The van der Waals surface area contributed by atoms with Gasteiger partial charge in [-0.1, -0.05) is 45.0 Å². The summed E-state index contributed by atoms with van der Waals surface area (Å²) < 4.78 is 1.97. The largest absolute Gasteiger partial charge is 0.311 e. The van der Waals surface area contributed by atoms with E-state index >= 15 is 0 Å². The van der Waals surface area contributed by atoms with E-state index in [1.807, 2.05) is 25.6 Å². The molecule has 1 heterocycles. The van der Waals surface area contributed by atoms with E-state index in [2.05, 4.69) is 60.4 Å². The molecule has 0 fully saturated rings. The summed E-state index contributed by atoms with van der Waals surface area (Å²) in [5.74, 6) is 1.78. The van der Waals surface area contributed by atoms with Gasteiger partial charge in [0.15, 0.2) is 0 Å². The first-order valence-corrected chi connectivity index (χ1v) is 7.47. The molecule has 114 valence electrons. The molecule has 2 aromatic rings. The maximum atomic E-state index is 4.45. The lowest BCUT2D eigenvalue weighted by Crippen LogP contribution is -2.23. The minimum absolute atomic E-state index is 0.188. The van der Waals surface area contributed by atoms with Crippen molar-refractivity contribution in [1.82, 2.24) is 20.1 Å². The maximum absolute atomic E-state index is 4.45. The van der Waals surface area contributed by atoms with Gasteiger partial charge in [0.25, 0.3) is 0 Å². The highest BCUT2D eigenvalue weighted by molar-refractivity contribution is 5.29. The van der Waals surface area contributed by atoms with E-state index in [1.54, 1.807) is 0 Å². The van der Waals surface area contributed by atoms with Crippen LogP contribution in [-0.4, -0.2) is 21.8 Å². The second-order valence-corrected chi connectivity index (χ2v) is 6.60. The van der Waals surface area contributed by atoms with E-state index in [1.165, 1.54) is 11.1 Å². The summed E-state index contributed by atoms with van der Waals surface area (Å²) in [6.45, 7) is 11.4. The average molecular weight is 286 g/mol. The zero-order valence-electron chi connectivity index (χ0n) is 13.9. The third-order valence-electron chi connectivity index (χ3n) is 3.85. The highest BCUT2D eigenvalue weighted by atomic mass is 15.3. The number of hydrogen-bond donors (Lipinski definition) is 1. The topological polar surface area (TPSA) is 42.7 Å². The molecule has 1 N–H and O–H groups in total. The van der Waals surface area contributed by atoms with Crippen molar-refractivity contribution in [3.63, 3.8) is 0 Å². The lowest BCUT2D eigenvalue weighted by Gasteiger charge is -2.21. The van der Waals surface area contributed by atoms with Gasteiger partial charge in [0.1, 0.15) is 11.6 Å². The number of rotatable bonds is 4. The number of aromatic nitrogens is 3. The van der Waals surface area contributed by atoms with Crippen LogP contribution in [0.25, 0.3) is 0 Å². The predicted octanol–water partition coefficient (Wildman–Crippen LogP) is 3.15. The van der Waals surface area contributed by atoms with Gasteiger partial charge in [0.05, 0.1) is 12.6 Å². The summed E-state index contributed by atoms with van der Waals surface area (Å²) in [5, 5.41) is 7.82. The van der Waals surface area contributed by atoms with Gasteiger partial charge in [-0.05, 0) is 37.4 Å². The fourth-order valence-electron chi connectivity index (χ4n) is 2.49. The Balaban J connectivity index is 2.20. The molecule has 0 saturated heterocycles. The van der Waals surface area contributed by atoms with Crippen LogP contribution in [-0.2, 0) is 12.0 Å². The van der Waals surface area contributed by atoms with Crippen LogP contribution in [0.2, 0.25) is 0 Å². The first-order chi connectivity index (χ1) is 9.81. The Morgan fingerprint density at radius 3 is 2.19 bits per heavy atom. The zero-order chi connectivity index (χ0) is 15.6. The van der Waals surface area contributed by atoms with Crippen LogP contribution < -0.4 is 5.32 Å². The van der Waals surface area contributed by atoms with Crippen LogP contribution in [0, 0.1) is 13.8 Å². The molecule has 0 amide bonds. The van der Waals surface area contributed by atoms with E-state index < -0.39 is 0 Å². The van der Waals surface area contributed by atoms with Gasteiger partial charge in [0.2, 0.25) is 0 Å². The zero-order valence-corrected chi connectivity index (χ0v) is 13.9. The molecular weight excluding hydrogens is 260 g/mol. The fraction of sp³-hybridized carbons (Fsp3) is 0.529. The average Bonchev–Trinajstić information content (AvgIpc) is 2.73. The van der Waals surface area contributed by atoms with Gasteiger partial charge in [-0.2, -0.15) is 5.10 Å². The number of benzene rings is 1. The summed E-state index contributed by atoms with van der Waals surface area (Å²) in [5.41, 5.74) is 2.82. The van der Waals surface area contributed by atoms with Crippen molar-refractivity contribution in [2.24, 2.45) is 0 Å². The summed E-state index contributed by atoms with van der Waals surface area (Å²) in [6.07, 6.45) is 0. The van der Waals surface area contributed by atoms with Crippen molar-refractivity contribution in [3.05, 3.63) is 47.0 Å². The highest BCUT2D eigenvalue weighted by Gasteiger charge is 2.16. The molecule has 2 rings (SSSR count). The smallest absolute Gasteiger partial charge is 0.147 e. The van der Waals surface area contributed by atoms with Gasteiger partial charge in [0, 0.05) is 0 Å².